The third-order valence-electron chi connectivity index (χ3n) is 7.09. The van der Waals surface area contributed by atoms with Crippen LogP contribution < -0.4 is 4.74 Å². The third kappa shape index (κ3) is 10.4. The largest absolute Gasteiger partial charge is 0.479 e. The summed E-state index contributed by atoms with van der Waals surface area (Å²) in [7, 11) is 2.16. The predicted molar refractivity (Wildman–Crippen MR) is 165 cm³/mol. The molecular formula is C34H45FN4O2. The summed E-state index contributed by atoms with van der Waals surface area (Å²) in [6.45, 7) is 11.2. The molecule has 0 saturated carbocycles. The van der Waals surface area contributed by atoms with Gasteiger partial charge in [-0.3, -0.25) is 14.7 Å². The maximum atomic E-state index is 14.0. The Labute approximate surface area is 245 Å². The number of hydrogen-bond donors (Lipinski definition) is 0. The monoisotopic (exact) mass is 560 g/mol. The zero-order valence-electron chi connectivity index (χ0n) is 25.5. The van der Waals surface area contributed by atoms with Crippen LogP contribution >= 0.6 is 0 Å². The average Bonchev–Trinajstić information content (AvgIpc) is 2.91. The van der Waals surface area contributed by atoms with E-state index in [1.807, 2.05) is 76.2 Å². The summed E-state index contributed by atoms with van der Waals surface area (Å²) in [6, 6.07) is 15.6. The number of benzene rings is 2. The molecule has 0 spiro atoms. The summed E-state index contributed by atoms with van der Waals surface area (Å²) < 4.78 is 19.4. The number of halogens is 1. The highest BCUT2D eigenvalue weighted by molar-refractivity contribution is 5.99. The molecule has 1 fully saturated rings. The Morgan fingerprint density at radius 1 is 1.24 bits per heavy atom. The Morgan fingerprint density at radius 3 is 2.61 bits per heavy atom. The van der Waals surface area contributed by atoms with Crippen molar-refractivity contribution < 1.29 is 13.9 Å². The number of hydrogen-bond acceptors (Lipinski definition) is 5. The van der Waals surface area contributed by atoms with E-state index >= 15 is 0 Å². The first-order chi connectivity index (χ1) is 19.4. The number of aryl methyl sites for hydroxylation is 1. The SMILES string of the molecule is Cc1ccc(C(=O)N(CC(C)F)CC(C)(C)C)cc1N=C(/C=C/C1CCCCN1C)Cc1ccc(OCC#N)cc1. The summed E-state index contributed by atoms with van der Waals surface area (Å²) in [6.07, 6.45) is 7.37. The molecule has 1 aliphatic heterocycles. The maximum absolute atomic E-state index is 14.0. The molecule has 1 saturated heterocycles. The first kappa shape index (κ1) is 32.0. The van der Waals surface area contributed by atoms with E-state index < -0.39 is 6.17 Å². The van der Waals surface area contributed by atoms with Crippen molar-refractivity contribution in [2.45, 2.75) is 72.5 Å². The Hall–Kier alpha value is -3.50. The number of carbonyl (C=O) groups is 1. The van der Waals surface area contributed by atoms with E-state index in [4.69, 9.17) is 15.0 Å². The molecule has 1 aliphatic rings. The van der Waals surface area contributed by atoms with Crippen LogP contribution in [0.3, 0.4) is 0 Å². The van der Waals surface area contributed by atoms with Crippen molar-refractivity contribution in [3.8, 4) is 11.8 Å². The van der Waals surface area contributed by atoms with E-state index in [1.165, 1.54) is 19.8 Å². The van der Waals surface area contributed by atoms with Crippen LogP contribution in [0.15, 0.2) is 59.6 Å². The molecular weight excluding hydrogens is 515 g/mol. The van der Waals surface area contributed by atoms with Gasteiger partial charge in [0, 0.05) is 30.3 Å². The number of piperidine rings is 1. The van der Waals surface area contributed by atoms with E-state index in [0.29, 0.717) is 30.3 Å². The fraction of sp³-hybridized carbons (Fsp3) is 0.500. The normalized spacial score (nSPS) is 17.3. The minimum Gasteiger partial charge on any atom is -0.479 e. The summed E-state index contributed by atoms with van der Waals surface area (Å²) in [5.41, 5.74) is 3.98. The molecule has 0 bridgehead atoms. The van der Waals surface area contributed by atoms with Gasteiger partial charge >= 0.3 is 0 Å². The zero-order chi connectivity index (χ0) is 30.0. The van der Waals surface area contributed by atoms with E-state index in [-0.39, 0.29) is 24.5 Å². The average molecular weight is 561 g/mol. The standard InChI is InChI=1S/C34H45FN4O2/c1-25-10-13-28(33(40)39(23-26(2)35)24-34(3,4)5)22-32(25)37-29(14-15-30-9-7-8-19-38(30)6)21-27-11-16-31(17-12-27)41-20-18-36/h10-17,22,26,30H,7-9,19-21,23-24H2,1-6H3/b15-14+,37-29?. The first-order valence-corrected chi connectivity index (χ1v) is 14.5. The van der Waals surface area contributed by atoms with E-state index in [1.54, 1.807) is 4.90 Å². The Bertz CT molecular complexity index is 1250. The minimum atomic E-state index is -1.12. The molecule has 220 valence electrons. The van der Waals surface area contributed by atoms with Gasteiger partial charge in [0.05, 0.1) is 12.2 Å². The van der Waals surface area contributed by atoms with E-state index in [0.717, 1.165) is 35.5 Å². The van der Waals surface area contributed by atoms with Crippen molar-refractivity contribution in [3.05, 3.63) is 71.3 Å². The van der Waals surface area contributed by atoms with Crippen molar-refractivity contribution in [2.75, 3.05) is 33.3 Å². The van der Waals surface area contributed by atoms with Crippen molar-refractivity contribution >= 4 is 17.3 Å². The second kappa shape index (κ2) is 14.9. The van der Waals surface area contributed by atoms with Crippen molar-refractivity contribution in [3.63, 3.8) is 0 Å². The fourth-order valence-corrected chi connectivity index (χ4v) is 5.03. The molecule has 2 atom stereocenters. The molecule has 2 aromatic carbocycles. The number of aliphatic imine (C=N–C) groups is 1. The van der Waals surface area contributed by atoms with Gasteiger partial charge in [0.2, 0.25) is 0 Å². The summed E-state index contributed by atoms with van der Waals surface area (Å²) in [4.78, 5) is 22.6. The second-order valence-electron chi connectivity index (χ2n) is 12.3. The van der Waals surface area contributed by atoms with Gasteiger partial charge < -0.3 is 9.64 Å². The predicted octanol–water partition coefficient (Wildman–Crippen LogP) is 7.10. The van der Waals surface area contributed by atoms with Gasteiger partial charge in [-0.2, -0.15) is 5.26 Å². The molecule has 7 heteroatoms. The summed E-state index contributed by atoms with van der Waals surface area (Å²) in [5.74, 6) is 0.465. The first-order valence-electron chi connectivity index (χ1n) is 14.5. The number of carbonyl (C=O) groups excluding carboxylic acids is 1. The Balaban J connectivity index is 1.94. The molecule has 6 nitrogen and oxygen atoms in total. The highest BCUT2D eigenvalue weighted by Gasteiger charge is 2.24. The molecule has 0 N–H and O–H groups in total. The number of allylic oxidation sites excluding steroid dienone is 1. The van der Waals surface area contributed by atoms with Crippen LogP contribution in [0.1, 0.15) is 68.4 Å². The van der Waals surface area contributed by atoms with Crippen LogP contribution in [0.2, 0.25) is 0 Å². The molecule has 41 heavy (non-hydrogen) atoms. The Kier molecular flexibility index (Phi) is 11.7. The lowest BCUT2D eigenvalue weighted by Crippen LogP contribution is -2.40. The number of likely N-dealkylation sites (N-methyl/N-ethyl adjacent to an activating group) is 1. The number of amides is 1. The van der Waals surface area contributed by atoms with Crippen LogP contribution in [0.25, 0.3) is 0 Å². The van der Waals surface area contributed by atoms with Crippen LogP contribution in [-0.2, 0) is 6.42 Å². The minimum absolute atomic E-state index is 0.00938. The maximum Gasteiger partial charge on any atom is 0.254 e. The molecule has 3 rings (SSSR count). The molecule has 0 aliphatic carbocycles. The van der Waals surface area contributed by atoms with Crippen molar-refractivity contribution in [2.24, 2.45) is 10.4 Å². The lowest BCUT2D eigenvalue weighted by Gasteiger charge is -2.30. The number of alkyl halides is 1. The highest BCUT2D eigenvalue weighted by Crippen LogP contribution is 2.25. The van der Waals surface area contributed by atoms with Gasteiger partial charge in [0.25, 0.3) is 5.91 Å². The zero-order valence-corrected chi connectivity index (χ0v) is 25.5. The number of nitriles is 1. The smallest absolute Gasteiger partial charge is 0.254 e. The van der Waals surface area contributed by atoms with Crippen LogP contribution in [-0.4, -0.2) is 66.9 Å². The van der Waals surface area contributed by atoms with Crippen LogP contribution in [0.5, 0.6) is 5.75 Å². The number of rotatable bonds is 11. The molecule has 1 amide bonds. The van der Waals surface area contributed by atoms with Gasteiger partial charge in [-0.1, -0.05) is 51.5 Å². The van der Waals surface area contributed by atoms with E-state index in [2.05, 4.69) is 24.1 Å². The van der Waals surface area contributed by atoms with Gasteiger partial charge in [0.1, 0.15) is 18.0 Å². The lowest BCUT2D eigenvalue weighted by atomic mass is 9.95. The number of ether oxygens (including phenoxy) is 1. The molecule has 1 heterocycles. The quantitative estimate of drug-likeness (QED) is 0.275. The molecule has 2 unspecified atom stereocenters. The fourth-order valence-electron chi connectivity index (χ4n) is 5.03. The summed E-state index contributed by atoms with van der Waals surface area (Å²) >= 11 is 0. The number of likely N-dealkylation sites (tertiary alicyclic amines) is 1. The van der Waals surface area contributed by atoms with Crippen LogP contribution in [0, 0.1) is 23.7 Å². The topological polar surface area (TPSA) is 68.9 Å². The summed E-state index contributed by atoms with van der Waals surface area (Å²) in [5, 5.41) is 8.78. The van der Waals surface area contributed by atoms with Gasteiger partial charge in [0.15, 0.2) is 6.61 Å². The second-order valence-corrected chi connectivity index (χ2v) is 12.3. The van der Waals surface area contributed by atoms with E-state index in [9.17, 15) is 9.18 Å². The highest BCUT2D eigenvalue weighted by atomic mass is 19.1. The molecule has 2 aromatic rings. The van der Waals surface area contributed by atoms with Crippen LogP contribution in [0.4, 0.5) is 10.1 Å². The van der Waals surface area contributed by atoms with Crippen molar-refractivity contribution in [1.82, 2.24) is 9.80 Å². The molecule has 0 radical (unpaired) electrons. The Morgan fingerprint density at radius 2 is 1.98 bits per heavy atom. The lowest BCUT2D eigenvalue weighted by molar-refractivity contribution is 0.0646. The number of nitrogens with zero attached hydrogens (tertiary/aromatic N) is 4. The van der Waals surface area contributed by atoms with Gasteiger partial charge in [-0.25, -0.2) is 4.39 Å². The van der Waals surface area contributed by atoms with Gasteiger partial charge in [-0.05, 0) is 87.2 Å². The molecule has 0 aromatic heterocycles. The van der Waals surface area contributed by atoms with Gasteiger partial charge in [-0.15, -0.1) is 0 Å². The third-order valence-corrected chi connectivity index (χ3v) is 7.09. The van der Waals surface area contributed by atoms with Crippen molar-refractivity contribution in [1.29, 1.82) is 5.26 Å².